The maximum Gasteiger partial charge on any atom is 0.249 e. The van der Waals surface area contributed by atoms with Crippen LogP contribution < -0.4 is 5.32 Å². The van der Waals surface area contributed by atoms with Crippen LogP contribution in [0.1, 0.15) is 18.4 Å². The number of hydrogen-bond donors (Lipinski definition) is 1. The molecule has 1 atom stereocenters. The van der Waals surface area contributed by atoms with E-state index in [1.165, 1.54) is 12.8 Å². The molecule has 1 aliphatic heterocycles. The van der Waals surface area contributed by atoms with Gasteiger partial charge in [-0.3, -0.25) is 9.59 Å². The lowest BCUT2D eigenvalue weighted by Crippen LogP contribution is -2.45. The van der Waals surface area contributed by atoms with Crippen LogP contribution >= 0.6 is 11.8 Å². The summed E-state index contributed by atoms with van der Waals surface area (Å²) in [6, 6.07) is 8.21. The molecule has 0 spiro atoms. The standard InChI is InChI=1S/C17H19N3O3S/c18-7-12-3-5-14(6-4-12)19-17(22)15-10-24-11-20(15)16(21)9-23-8-13-1-2-13/h3-6,13,15H,1-2,8-11H2,(H,19,22)/t15-/m1/s1. The highest BCUT2D eigenvalue weighted by Crippen LogP contribution is 2.29. The van der Waals surface area contributed by atoms with Crippen LogP contribution in [0.25, 0.3) is 0 Å². The van der Waals surface area contributed by atoms with Crippen LogP contribution in [-0.4, -0.2) is 47.6 Å². The molecule has 1 saturated carbocycles. The molecule has 1 saturated heterocycles. The van der Waals surface area contributed by atoms with Crippen LogP contribution in [0.2, 0.25) is 0 Å². The Hall–Kier alpha value is -2.04. The Morgan fingerprint density at radius 3 is 2.75 bits per heavy atom. The van der Waals surface area contributed by atoms with Gasteiger partial charge in [0.05, 0.1) is 24.1 Å². The van der Waals surface area contributed by atoms with E-state index >= 15 is 0 Å². The molecule has 1 heterocycles. The van der Waals surface area contributed by atoms with Gasteiger partial charge in [0.25, 0.3) is 0 Å². The Bertz CT molecular complexity index is 652. The number of thioether (sulfide) groups is 1. The first kappa shape index (κ1) is 16.8. The van der Waals surface area contributed by atoms with E-state index in [1.54, 1.807) is 40.9 Å². The fourth-order valence-electron chi connectivity index (χ4n) is 2.44. The smallest absolute Gasteiger partial charge is 0.249 e. The summed E-state index contributed by atoms with van der Waals surface area (Å²) in [5, 5.41) is 11.6. The van der Waals surface area contributed by atoms with E-state index < -0.39 is 6.04 Å². The summed E-state index contributed by atoms with van der Waals surface area (Å²) in [5.41, 5.74) is 1.15. The van der Waals surface area contributed by atoms with Gasteiger partial charge in [-0.05, 0) is 43.0 Å². The van der Waals surface area contributed by atoms with Crippen molar-refractivity contribution >= 4 is 29.3 Å². The van der Waals surface area contributed by atoms with E-state index in [1.807, 2.05) is 6.07 Å². The van der Waals surface area contributed by atoms with Crippen LogP contribution in [0.4, 0.5) is 5.69 Å². The van der Waals surface area contributed by atoms with Crippen molar-refractivity contribution in [2.24, 2.45) is 5.92 Å². The second-order valence-electron chi connectivity index (χ2n) is 6.02. The highest BCUT2D eigenvalue weighted by molar-refractivity contribution is 7.99. The Kier molecular flexibility index (Phi) is 5.38. The average Bonchev–Trinajstić information content (AvgIpc) is 3.28. The molecule has 24 heavy (non-hydrogen) atoms. The number of nitriles is 1. The molecule has 2 fully saturated rings. The average molecular weight is 345 g/mol. The van der Waals surface area contributed by atoms with Gasteiger partial charge in [-0.2, -0.15) is 5.26 Å². The van der Waals surface area contributed by atoms with E-state index in [0.717, 1.165) is 0 Å². The lowest BCUT2D eigenvalue weighted by molar-refractivity contribution is -0.140. The van der Waals surface area contributed by atoms with Gasteiger partial charge in [0.15, 0.2) is 0 Å². The number of anilines is 1. The highest BCUT2D eigenvalue weighted by Gasteiger charge is 2.34. The zero-order valence-corrected chi connectivity index (χ0v) is 14.1. The lowest BCUT2D eigenvalue weighted by atomic mass is 10.2. The first-order valence-electron chi connectivity index (χ1n) is 7.93. The van der Waals surface area contributed by atoms with Crippen molar-refractivity contribution in [3.05, 3.63) is 29.8 Å². The van der Waals surface area contributed by atoms with E-state index in [-0.39, 0.29) is 18.4 Å². The molecular weight excluding hydrogens is 326 g/mol. The van der Waals surface area contributed by atoms with Crippen LogP contribution in [0, 0.1) is 17.2 Å². The monoisotopic (exact) mass is 345 g/mol. The van der Waals surface area contributed by atoms with E-state index in [4.69, 9.17) is 10.00 Å². The number of carbonyl (C=O) groups excluding carboxylic acids is 2. The second-order valence-corrected chi connectivity index (χ2v) is 7.02. The maximum atomic E-state index is 12.5. The molecule has 2 amide bonds. The van der Waals surface area contributed by atoms with Gasteiger partial charge in [-0.15, -0.1) is 11.8 Å². The van der Waals surface area contributed by atoms with Crippen LogP contribution in [0.5, 0.6) is 0 Å². The number of benzene rings is 1. The molecule has 0 unspecified atom stereocenters. The van der Waals surface area contributed by atoms with Crippen molar-refractivity contribution < 1.29 is 14.3 Å². The topological polar surface area (TPSA) is 82.4 Å². The van der Waals surface area contributed by atoms with Gasteiger partial charge >= 0.3 is 0 Å². The summed E-state index contributed by atoms with van der Waals surface area (Å²) in [7, 11) is 0. The summed E-state index contributed by atoms with van der Waals surface area (Å²) in [4.78, 5) is 26.3. The van der Waals surface area contributed by atoms with Crippen molar-refractivity contribution in [2.45, 2.75) is 18.9 Å². The third kappa shape index (κ3) is 4.28. The quantitative estimate of drug-likeness (QED) is 0.850. The summed E-state index contributed by atoms with van der Waals surface area (Å²) >= 11 is 1.56. The maximum absolute atomic E-state index is 12.5. The van der Waals surface area contributed by atoms with Crippen molar-refractivity contribution in [2.75, 3.05) is 30.2 Å². The fraction of sp³-hybridized carbons (Fsp3) is 0.471. The van der Waals surface area contributed by atoms with Crippen LogP contribution in [0.3, 0.4) is 0 Å². The van der Waals surface area contributed by atoms with Gasteiger partial charge in [0.2, 0.25) is 11.8 Å². The Balaban J connectivity index is 1.53. The highest BCUT2D eigenvalue weighted by atomic mass is 32.2. The molecular formula is C17H19N3O3S. The summed E-state index contributed by atoms with van der Waals surface area (Å²) in [5.74, 6) is 1.36. The molecule has 0 radical (unpaired) electrons. The minimum Gasteiger partial charge on any atom is -0.371 e. The Morgan fingerprint density at radius 1 is 1.33 bits per heavy atom. The number of nitrogens with one attached hydrogen (secondary N) is 1. The van der Waals surface area contributed by atoms with Crippen molar-refractivity contribution in [3.63, 3.8) is 0 Å². The molecule has 6 nitrogen and oxygen atoms in total. The molecule has 1 aromatic carbocycles. The number of nitrogens with zero attached hydrogens (tertiary/aromatic N) is 2. The molecule has 126 valence electrons. The molecule has 0 bridgehead atoms. The van der Waals surface area contributed by atoms with Crippen LogP contribution in [-0.2, 0) is 14.3 Å². The van der Waals surface area contributed by atoms with E-state index in [0.29, 0.717) is 35.4 Å². The SMILES string of the molecule is N#Cc1ccc(NC(=O)[C@H]2CSCN2C(=O)COCC2CC2)cc1. The minimum atomic E-state index is -0.484. The van der Waals surface area contributed by atoms with Gasteiger partial charge < -0.3 is 15.0 Å². The summed E-state index contributed by atoms with van der Waals surface area (Å²) in [6.45, 7) is 0.673. The third-order valence-corrected chi connectivity index (χ3v) is 5.08. The zero-order valence-electron chi connectivity index (χ0n) is 13.2. The Morgan fingerprint density at radius 2 is 2.08 bits per heavy atom. The van der Waals surface area contributed by atoms with Gasteiger partial charge in [0.1, 0.15) is 12.6 Å². The number of carbonyl (C=O) groups is 2. The van der Waals surface area contributed by atoms with E-state index in [9.17, 15) is 9.59 Å². The second kappa shape index (κ2) is 7.69. The molecule has 1 aliphatic carbocycles. The molecule has 0 aromatic heterocycles. The molecule has 2 aliphatic rings. The van der Waals surface area contributed by atoms with Gasteiger partial charge in [0, 0.05) is 11.4 Å². The first-order valence-corrected chi connectivity index (χ1v) is 9.09. The van der Waals surface area contributed by atoms with Crippen molar-refractivity contribution in [1.82, 2.24) is 4.90 Å². The molecule has 1 N–H and O–H groups in total. The van der Waals surface area contributed by atoms with Gasteiger partial charge in [-0.25, -0.2) is 0 Å². The lowest BCUT2D eigenvalue weighted by Gasteiger charge is -2.23. The van der Waals surface area contributed by atoms with Crippen molar-refractivity contribution in [3.8, 4) is 6.07 Å². The predicted octanol–water partition coefficient (Wildman–Crippen LogP) is 1.82. The number of ether oxygens (including phenoxy) is 1. The van der Waals surface area contributed by atoms with Crippen molar-refractivity contribution in [1.29, 1.82) is 5.26 Å². The molecule has 1 aromatic rings. The fourth-order valence-corrected chi connectivity index (χ4v) is 3.62. The summed E-state index contributed by atoms with van der Waals surface area (Å²) in [6.07, 6.45) is 2.37. The zero-order chi connectivity index (χ0) is 16.9. The van der Waals surface area contributed by atoms with Gasteiger partial charge in [-0.1, -0.05) is 0 Å². The summed E-state index contributed by atoms with van der Waals surface area (Å²) < 4.78 is 5.44. The molecule has 7 heteroatoms. The minimum absolute atomic E-state index is 0.0394. The first-order chi connectivity index (χ1) is 11.7. The Labute approximate surface area is 145 Å². The molecule has 3 rings (SSSR count). The number of amides is 2. The van der Waals surface area contributed by atoms with E-state index in [2.05, 4.69) is 5.32 Å². The predicted molar refractivity (Wildman–Crippen MR) is 91.3 cm³/mol. The number of hydrogen-bond acceptors (Lipinski definition) is 5. The van der Waals surface area contributed by atoms with Crippen LogP contribution in [0.15, 0.2) is 24.3 Å². The normalized spacial score (nSPS) is 19.8. The third-order valence-electron chi connectivity index (χ3n) is 4.06. The largest absolute Gasteiger partial charge is 0.371 e. The number of rotatable bonds is 6.